The van der Waals surface area contributed by atoms with Crippen molar-refractivity contribution in [2.75, 3.05) is 17.6 Å². The monoisotopic (exact) mass is 503 g/mol. The number of aliphatic hydroxyl groups is 2. The zero-order valence-corrected chi connectivity index (χ0v) is 22.6. The van der Waals surface area contributed by atoms with Gasteiger partial charge in [0.15, 0.2) is 0 Å². The van der Waals surface area contributed by atoms with E-state index in [0.29, 0.717) is 28.1 Å². The number of hydrogen-bond donors (Lipinski definition) is 2. The molecule has 0 radical (unpaired) electrons. The van der Waals surface area contributed by atoms with Crippen molar-refractivity contribution in [3.63, 3.8) is 0 Å². The van der Waals surface area contributed by atoms with Gasteiger partial charge in [-0.05, 0) is 36.1 Å². The van der Waals surface area contributed by atoms with Crippen molar-refractivity contribution >= 4 is 21.9 Å². The molecule has 0 amide bonds. The van der Waals surface area contributed by atoms with Crippen molar-refractivity contribution in [3.05, 3.63) is 40.8 Å². The van der Waals surface area contributed by atoms with Crippen LogP contribution in [0.3, 0.4) is 0 Å². The zero-order chi connectivity index (χ0) is 24.7. The Hall–Kier alpha value is -1.63. The van der Waals surface area contributed by atoms with Crippen LogP contribution in [0.5, 0.6) is 0 Å². The maximum Gasteiger partial charge on any atom is 1.00 e. The summed E-state index contributed by atoms with van der Waals surface area (Å²) in [6.45, 7) is 3.78. The molecule has 9 nitrogen and oxygen atoms in total. The van der Waals surface area contributed by atoms with Gasteiger partial charge in [0.25, 0.3) is 0 Å². The standard InChI is InChI=1S/C22H28FN3O6S.Na/c1-11(2)20-17-10-16(18(28)8-13(27)9-19(29)30)15-7-12(23)5-6-14(15)21(17)25-22(24-20)26(3)33(4,31)32;/h5-7,11,13,16,18,27-28H,8-10H2,1-4H3,(H,29,30);/q;+1/p-1/t13-,16-,18-;/m0./s1. The number of hydrogen-bond acceptors (Lipinski definition) is 8. The second-order valence-corrected chi connectivity index (χ2v) is 10.7. The molecule has 0 saturated carbocycles. The van der Waals surface area contributed by atoms with Gasteiger partial charge in [-0.3, -0.25) is 0 Å². The maximum absolute atomic E-state index is 14.2. The summed E-state index contributed by atoms with van der Waals surface area (Å²) in [5.74, 6) is -2.75. The number of aliphatic carboxylic acids is 1. The van der Waals surface area contributed by atoms with Gasteiger partial charge < -0.3 is 20.1 Å². The van der Waals surface area contributed by atoms with E-state index in [-0.39, 0.29) is 54.3 Å². The van der Waals surface area contributed by atoms with Gasteiger partial charge in [-0.15, -0.1) is 0 Å². The van der Waals surface area contributed by atoms with Gasteiger partial charge in [-0.25, -0.2) is 27.1 Å². The van der Waals surface area contributed by atoms with Crippen LogP contribution in [-0.2, 0) is 21.2 Å². The summed E-state index contributed by atoms with van der Waals surface area (Å²) in [6, 6.07) is 4.04. The van der Waals surface area contributed by atoms with E-state index in [2.05, 4.69) is 9.97 Å². The van der Waals surface area contributed by atoms with Crippen LogP contribution in [0.2, 0.25) is 0 Å². The number of carbonyl (C=O) groups excluding carboxylic acids is 1. The molecule has 0 fully saturated rings. The maximum atomic E-state index is 14.2. The number of sulfonamides is 1. The first-order valence-electron chi connectivity index (χ1n) is 10.5. The van der Waals surface area contributed by atoms with Crippen LogP contribution in [0, 0.1) is 5.82 Å². The molecule has 1 heterocycles. The van der Waals surface area contributed by atoms with Crippen molar-refractivity contribution in [2.45, 2.75) is 57.2 Å². The minimum absolute atomic E-state index is 0. The third-order valence-corrected chi connectivity index (χ3v) is 6.98. The molecule has 180 valence electrons. The number of anilines is 1. The minimum atomic E-state index is -3.63. The molecule has 1 aliphatic carbocycles. The summed E-state index contributed by atoms with van der Waals surface area (Å²) in [7, 11) is -2.28. The molecule has 34 heavy (non-hydrogen) atoms. The molecule has 0 saturated heterocycles. The summed E-state index contributed by atoms with van der Waals surface area (Å²) in [5.41, 5.74) is 2.69. The first kappa shape index (κ1) is 28.6. The Morgan fingerprint density at radius 2 is 1.94 bits per heavy atom. The number of carboxylic acid groups (broad SMARTS) is 1. The van der Waals surface area contributed by atoms with Crippen LogP contribution < -0.4 is 39.0 Å². The summed E-state index contributed by atoms with van der Waals surface area (Å²) in [5, 5.41) is 31.7. The molecule has 1 aliphatic rings. The van der Waals surface area contributed by atoms with E-state index in [4.69, 9.17) is 0 Å². The zero-order valence-electron chi connectivity index (χ0n) is 19.8. The van der Waals surface area contributed by atoms with Crippen LogP contribution in [-0.4, -0.2) is 60.1 Å². The largest absolute Gasteiger partial charge is 1.00 e. The first-order valence-corrected chi connectivity index (χ1v) is 12.3. The molecule has 3 rings (SSSR count). The molecular weight excluding hydrogens is 476 g/mol. The molecule has 12 heteroatoms. The van der Waals surface area contributed by atoms with Gasteiger partial charge in [0, 0.05) is 42.9 Å². The van der Waals surface area contributed by atoms with Crippen LogP contribution in [0.4, 0.5) is 10.3 Å². The van der Waals surface area contributed by atoms with Gasteiger partial charge >= 0.3 is 29.6 Å². The van der Waals surface area contributed by atoms with Crippen molar-refractivity contribution < 1.29 is 62.5 Å². The van der Waals surface area contributed by atoms with Crippen LogP contribution in [0.25, 0.3) is 11.3 Å². The third-order valence-electron chi connectivity index (χ3n) is 5.83. The van der Waals surface area contributed by atoms with Crippen molar-refractivity contribution in [2.24, 2.45) is 0 Å². The van der Waals surface area contributed by atoms with Crippen molar-refractivity contribution in [1.82, 2.24) is 9.97 Å². The molecule has 0 unspecified atom stereocenters. The fourth-order valence-electron chi connectivity index (χ4n) is 4.13. The second-order valence-electron chi connectivity index (χ2n) is 8.70. The fourth-order valence-corrected chi connectivity index (χ4v) is 4.51. The third kappa shape index (κ3) is 6.13. The molecule has 2 N–H and O–H groups in total. The SMILES string of the molecule is CC(C)c1nc(N(C)S(C)(=O)=O)nc2c1C[C@H]([C@@H](O)C[C@H](O)CC(=O)[O-])c1cc(F)ccc1-2.[Na+]. The number of benzene rings is 1. The fraction of sp³-hybridized carbons (Fsp3) is 0.500. The molecule has 0 spiro atoms. The van der Waals surface area contributed by atoms with Crippen LogP contribution in [0.1, 0.15) is 55.3 Å². The van der Waals surface area contributed by atoms with Gasteiger partial charge in [0.2, 0.25) is 16.0 Å². The van der Waals surface area contributed by atoms with E-state index in [0.717, 1.165) is 10.6 Å². The van der Waals surface area contributed by atoms with Gasteiger partial charge in [-0.1, -0.05) is 13.8 Å². The number of aliphatic hydroxyl groups excluding tert-OH is 2. The summed E-state index contributed by atoms with van der Waals surface area (Å²) < 4.78 is 39.3. The molecule has 0 bridgehead atoms. The van der Waals surface area contributed by atoms with Gasteiger partial charge in [0.1, 0.15) is 5.82 Å². The van der Waals surface area contributed by atoms with Gasteiger partial charge in [-0.2, -0.15) is 0 Å². The topological polar surface area (TPSA) is 144 Å². The summed E-state index contributed by atoms with van der Waals surface area (Å²) >= 11 is 0. The number of fused-ring (bicyclic) bond motifs is 3. The second kappa shape index (κ2) is 11.0. The molecule has 0 aliphatic heterocycles. The van der Waals surface area contributed by atoms with Crippen LogP contribution in [0.15, 0.2) is 18.2 Å². The summed E-state index contributed by atoms with van der Waals surface area (Å²) in [6.07, 6.45) is -2.12. The van der Waals surface area contributed by atoms with E-state index in [1.807, 2.05) is 13.8 Å². The van der Waals surface area contributed by atoms with Crippen LogP contribution >= 0.6 is 0 Å². The smallest absolute Gasteiger partial charge is 0.550 e. The Balaban J connectivity index is 0.00000408. The van der Waals surface area contributed by atoms with E-state index < -0.39 is 46.4 Å². The first-order chi connectivity index (χ1) is 15.3. The Kier molecular flexibility index (Phi) is 9.22. The number of carboxylic acids is 1. The van der Waals surface area contributed by atoms with Crippen molar-refractivity contribution in [3.8, 4) is 11.3 Å². The molecule has 2 aromatic rings. The van der Waals surface area contributed by atoms with Crippen molar-refractivity contribution in [1.29, 1.82) is 0 Å². The quantitative estimate of drug-likeness (QED) is 0.383. The van der Waals surface area contributed by atoms with E-state index in [1.165, 1.54) is 25.2 Å². The number of aromatic nitrogens is 2. The Labute approximate surface area is 220 Å². The number of nitrogens with zero attached hydrogens (tertiary/aromatic N) is 3. The summed E-state index contributed by atoms with van der Waals surface area (Å²) in [4.78, 5) is 19.8. The van der Waals surface area contributed by atoms with Gasteiger partial charge in [0.05, 0.1) is 29.9 Å². The molecule has 1 aromatic heterocycles. The Morgan fingerprint density at radius 3 is 2.50 bits per heavy atom. The molecule has 1 aromatic carbocycles. The van der Waals surface area contributed by atoms with E-state index in [1.54, 1.807) is 0 Å². The predicted octanol–water partition coefficient (Wildman–Crippen LogP) is -2.30. The normalized spacial score (nSPS) is 16.8. The minimum Gasteiger partial charge on any atom is -0.550 e. The number of carbonyl (C=O) groups is 1. The molecule has 3 atom stereocenters. The Morgan fingerprint density at radius 1 is 1.29 bits per heavy atom. The average molecular weight is 504 g/mol. The number of rotatable bonds is 8. The average Bonchev–Trinajstić information content (AvgIpc) is 2.69. The van der Waals surface area contributed by atoms with E-state index in [9.17, 15) is 32.9 Å². The number of halogens is 1. The Bertz CT molecular complexity index is 1180. The molecular formula is C22H27FN3NaO6S. The predicted molar refractivity (Wildman–Crippen MR) is 117 cm³/mol. The van der Waals surface area contributed by atoms with E-state index >= 15 is 0 Å².